The molecule has 0 atom stereocenters. The second-order valence-electron chi connectivity index (χ2n) is 13.6. The molecule has 0 bridgehead atoms. The van der Waals surface area contributed by atoms with Crippen molar-refractivity contribution < 1.29 is 14.0 Å². The molecule has 5 aromatic rings. The fourth-order valence-electron chi connectivity index (χ4n) is 5.90. The lowest BCUT2D eigenvalue weighted by Gasteiger charge is -2.35. The fraction of sp³-hybridized carbons (Fsp3) is 0.341. The predicted molar refractivity (Wildman–Crippen MR) is 193 cm³/mol. The van der Waals surface area contributed by atoms with E-state index in [0.717, 1.165) is 67.3 Å². The van der Waals surface area contributed by atoms with E-state index in [1.807, 2.05) is 114 Å². The second kappa shape index (κ2) is 17.1. The van der Waals surface area contributed by atoms with Gasteiger partial charge in [-0.3, -0.25) is 14.3 Å². The number of aromatic nitrogens is 3. The number of nitrogens with zero attached hydrogens (tertiary/aromatic N) is 3. The molecule has 1 aromatic heterocycles. The number of nitrogens with one attached hydrogen (secondary N) is 2. The molecule has 1 amide bonds. The van der Waals surface area contributed by atoms with Gasteiger partial charge in [0.25, 0.3) is 0 Å². The van der Waals surface area contributed by atoms with Crippen molar-refractivity contribution >= 4 is 5.91 Å². The molecule has 0 fully saturated rings. The maximum Gasteiger partial charge on any atom is 0.243 e. The summed E-state index contributed by atoms with van der Waals surface area (Å²) in [7, 11) is 0. The van der Waals surface area contributed by atoms with E-state index >= 15 is 0 Å². The van der Waals surface area contributed by atoms with Crippen molar-refractivity contribution in [1.29, 1.82) is 0 Å². The molecule has 0 aliphatic carbocycles. The van der Waals surface area contributed by atoms with Gasteiger partial charge in [0.1, 0.15) is 11.5 Å². The quantitative estimate of drug-likeness (QED) is 0.0592. The largest absolute Gasteiger partial charge is 0.308 e. The first-order chi connectivity index (χ1) is 23.7. The minimum absolute atomic E-state index is 0.0803. The summed E-state index contributed by atoms with van der Waals surface area (Å²) in [5.74, 6) is -0.376. The van der Waals surface area contributed by atoms with Gasteiger partial charge in [-0.1, -0.05) is 134 Å². The van der Waals surface area contributed by atoms with E-state index in [-0.39, 0.29) is 17.3 Å². The second-order valence-corrected chi connectivity index (χ2v) is 13.6. The SMILES string of the molecule is CC(C)(C)NCc1ccc(-c2cn(CCCCCCCCC(=O)NOC(c3ccccc3)(c3ccccc3)c3ccccc3)nn2)cc1F. The van der Waals surface area contributed by atoms with Gasteiger partial charge < -0.3 is 5.32 Å². The van der Waals surface area contributed by atoms with E-state index in [0.29, 0.717) is 24.2 Å². The summed E-state index contributed by atoms with van der Waals surface area (Å²) in [5.41, 5.74) is 6.56. The highest BCUT2D eigenvalue weighted by atomic mass is 19.1. The molecule has 8 heteroatoms. The lowest BCUT2D eigenvalue weighted by Crippen LogP contribution is -2.40. The number of unbranched alkanes of at least 4 members (excludes halogenated alkanes) is 5. The summed E-state index contributed by atoms with van der Waals surface area (Å²) < 4.78 is 16.5. The van der Waals surface area contributed by atoms with Crippen LogP contribution in [0, 0.1) is 5.82 Å². The van der Waals surface area contributed by atoms with Crippen molar-refractivity contribution in [2.45, 2.75) is 89.9 Å². The van der Waals surface area contributed by atoms with Crippen molar-refractivity contribution in [3.05, 3.63) is 143 Å². The van der Waals surface area contributed by atoms with Gasteiger partial charge in [0.2, 0.25) is 5.91 Å². The van der Waals surface area contributed by atoms with E-state index in [1.165, 1.54) is 6.07 Å². The van der Waals surface area contributed by atoms with Gasteiger partial charge in [-0.2, -0.15) is 0 Å². The van der Waals surface area contributed by atoms with Crippen LogP contribution >= 0.6 is 0 Å². The van der Waals surface area contributed by atoms with Crippen molar-refractivity contribution in [3.63, 3.8) is 0 Å². The lowest BCUT2D eigenvalue weighted by atomic mass is 9.80. The Morgan fingerprint density at radius 3 is 1.86 bits per heavy atom. The average molecular weight is 662 g/mol. The predicted octanol–water partition coefficient (Wildman–Crippen LogP) is 8.74. The van der Waals surface area contributed by atoms with Crippen LogP contribution in [0.15, 0.2) is 115 Å². The molecule has 49 heavy (non-hydrogen) atoms. The molecule has 4 aromatic carbocycles. The monoisotopic (exact) mass is 661 g/mol. The number of rotatable bonds is 17. The summed E-state index contributed by atoms with van der Waals surface area (Å²) in [6.07, 6.45) is 8.19. The van der Waals surface area contributed by atoms with Crippen LogP contribution in [0.25, 0.3) is 11.3 Å². The Bertz CT molecular complexity index is 1640. The normalized spacial score (nSPS) is 11.8. The first-order valence-electron chi connectivity index (χ1n) is 17.3. The van der Waals surface area contributed by atoms with Gasteiger partial charge in [0, 0.05) is 36.2 Å². The number of carbonyl (C=O) groups is 1. The number of carbonyl (C=O) groups excluding carboxylic acids is 1. The van der Waals surface area contributed by atoms with Gasteiger partial charge in [0.15, 0.2) is 5.60 Å². The van der Waals surface area contributed by atoms with Crippen LogP contribution in [0.1, 0.15) is 88.0 Å². The topological polar surface area (TPSA) is 81.1 Å². The highest BCUT2D eigenvalue weighted by Gasteiger charge is 2.39. The van der Waals surface area contributed by atoms with E-state index < -0.39 is 5.60 Å². The number of hydroxylamine groups is 1. The summed E-state index contributed by atoms with van der Waals surface area (Å²) in [6, 6.07) is 35.3. The number of amides is 1. The molecule has 0 unspecified atom stereocenters. The zero-order valence-corrected chi connectivity index (χ0v) is 28.9. The molecular weight excluding hydrogens is 613 g/mol. The van der Waals surface area contributed by atoms with Crippen molar-refractivity contribution in [2.24, 2.45) is 0 Å². The Morgan fingerprint density at radius 2 is 1.31 bits per heavy atom. The molecule has 256 valence electrons. The Hall–Kier alpha value is -4.66. The van der Waals surface area contributed by atoms with E-state index in [1.54, 1.807) is 0 Å². The number of hydrogen-bond acceptors (Lipinski definition) is 5. The minimum Gasteiger partial charge on any atom is -0.308 e. The van der Waals surface area contributed by atoms with Crippen LogP contribution in [0.3, 0.4) is 0 Å². The van der Waals surface area contributed by atoms with Gasteiger partial charge in [0.05, 0.1) is 6.20 Å². The number of hydrogen-bond donors (Lipinski definition) is 2. The average Bonchev–Trinajstić information content (AvgIpc) is 3.59. The Kier molecular flexibility index (Phi) is 12.5. The molecule has 0 aliphatic rings. The molecule has 0 saturated heterocycles. The Morgan fingerprint density at radius 1 is 0.755 bits per heavy atom. The van der Waals surface area contributed by atoms with Gasteiger partial charge in [-0.05, 0) is 56.4 Å². The molecular formula is C41H48FN5O2. The summed E-state index contributed by atoms with van der Waals surface area (Å²) in [6.45, 7) is 7.42. The van der Waals surface area contributed by atoms with Crippen LogP contribution < -0.4 is 10.8 Å². The number of halogens is 1. The molecule has 0 aliphatic heterocycles. The fourth-order valence-corrected chi connectivity index (χ4v) is 5.90. The highest BCUT2D eigenvalue weighted by Crippen LogP contribution is 2.39. The summed E-state index contributed by atoms with van der Waals surface area (Å²) >= 11 is 0. The minimum atomic E-state index is -0.991. The third-order valence-electron chi connectivity index (χ3n) is 8.60. The molecule has 7 nitrogen and oxygen atoms in total. The van der Waals surface area contributed by atoms with Gasteiger partial charge in [-0.15, -0.1) is 5.10 Å². The molecule has 0 saturated carbocycles. The summed E-state index contributed by atoms with van der Waals surface area (Å²) in [4.78, 5) is 19.4. The molecule has 5 rings (SSSR count). The first kappa shape index (κ1) is 35.6. The number of aryl methyl sites for hydroxylation is 1. The lowest BCUT2D eigenvalue weighted by molar-refractivity contribution is -0.143. The first-order valence-corrected chi connectivity index (χ1v) is 17.3. The standard InChI is InChI=1S/C41H48FN5O2/c1-40(2,3)43-30-33-27-26-32(29-37(33)42)38-31-47(46-44-38)28-18-7-5-4-6-17-25-39(48)45-49-41(34-19-11-8-12-20-34,35-21-13-9-14-22-35)36-23-15-10-16-24-36/h8-16,19-24,26-27,29,31,43H,4-7,17-18,25,28,30H2,1-3H3,(H,45,48). The molecule has 1 heterocycles. The van der Waals surface area contributed by atoms with Crippen molar-refractivity contribution in [3.8, 4) is 11.3 Å². The molecule has 0 spiro atoms. The van der Waals surface area contributed by atoms with Crippen LogP contribution in [-0.2, 0) is 28.3 Å². The maximum atomic E-state index is 14.7. The van der Waals surface area contributed by atoms with Crippen LogP contribution in [0.5, 0.6) is 0 Å². The zero-order valence-electron chi connectivity index (χ0n) is 28.9. The number of benzene rings is 4. The van der Waals surface area contributed by atoms with Gasteiger partial charge in [-0.25, -0.2) is 9.87 Å². The highest BCUT2D eigenvalue weighted by molar-refractivity contribution is 5.74. The Labute approximate surface area is 289 Å². The van der Waals surface area contributed by atoms with Crippen LogP contribution in [0.2, 0.25) is 0 Å². The van der Waals surface area contributed by atoms with Crippen molar-refractivity contribution in [2.75, 3.05) is 0 Å². The molecule has 0 radical (unpaired) electrons. The Balaban J connectivity index is 1.04. The van der Waals surface area contributed by atoms with E-state index in [4.69, 9.17) is 4.84 Å². The van der Waals surface area contributed by atoms with Gasteiger partial charge >= 0.3 is 0 Å². The maximum absolute atomic E-state index is 14.7. The van der Waals surface area contributed by atoms with Crippen LogP contribution in [-0.4, -0.2) is 26.4 Å². The third-order valence-corrected chi connectivity index (χ3v) is 8.60. The van der Waals surface area contributed by atoms with Crippen molar-refractivity contribution in [1.82, 2.24) is 25.8 Å². The molecule has 2 N–H and O–H groups in total. The summed E-state index contributed by atoms with van der Waals surface area (Å²) in [5, 5.41) is 11.8. The van der Waals surface area contributed by atoms with E-state index in [9.17, 15) is 9.18 Å². The third kappa shape index (κ3) is 9.94. The smallest absolute Gasteiger partial charge is 0.243 e. The van der Waals surface area contributed by atoms with Crippen LogP contribution in [0.4, 0.5) is 4.39 Å². The van der Waals surface area contributed by atoms with E-state index in [2.05, 4.69) is 41.9 Å². The zero-order chi connectivity index (χ0) is 34.5.